The highest BCUT2D eigenvalue weighted by molar-refractivity contribution is 7.93. The second-order valence-electron chi connectivity index (χ2n) is 4.59. The topological polar surface area (TPSA) is 103 Å². The molecule has 0 saturated heterocycles. The monoisotopic (exact) mass is 364 g/mol. The molecule has 0 atom stereocenters. The normalized spacial score (nSPS) is 11.2. The number of anilines is 1. The summed E-state index contributed by atoms with van der Waals surface area (Å²) in [6, 6.07) is 4.57. The van der Waals surface area contributed by atoms with E-state index in [1.54, 1.807) is 35.4 Å². The molecule has 0 spiro atoms. The van der Waals surface area contributed by atoms with Gasteiger partial charge < -0.3 is 4.74 Å². The van der Waals surface area contributed by atoms with Crippen molar-refractivity contribution in [2.45, 2.75) is 4.90 Å². The summed E-state index contributed by atoms with van der Waals surface area (Å²) >= 11 is 1.00. The Morgan fingerprint density at radius 3 is 2.79 bits per heavy atom. The molecule has 3 heterocycles. The third-order valence-corrected chi connectivity index (χ3v) is 5.51. The number of rotatable bonds is 5. The Kier molecular flexibility index (Phi) is 4.32. The maximum atomic E-state index is 12.5. The van der Waals surface area contributed by atoms with Crippen molar-refractivity contribution in [2.24, 2.45) is 0 Å². The minimum absolute atomic E-state index is 0.0213. The highest BCUT2D eigenvalue weighted by Gasteiger charge is 2.24. The fourth-order valence-electron chi connectivity index (χ4n) is 1.95. The van der Waals surface area contributed by atoms with Gasteiger partial charge in [-0.05, 0) is 23.6 Å². The molecule has 0 aromatic carbocycles. The summed E-state index contributed by atoms with van der Waals surface area (Å²) in [6.07, 6.45) is 6.31. The van der Waals surface area contributed by atoms with Gasteiger partial charge in [-0.3, -0.25) is 9.29 Å². The molecule has 0 radical (unpaired) electrons. The zero-order chi connectivity index (χ0) is 17.2. The van der Waals surface area contributed by atoms with E-state index in [1.807, 2.05) is 0 Å². The van der Waals surface area contributed by atoms with Crippen LogP contribution in [0.4, 0.5) is 5.69 Å². The van der Waals surface area contributed by atoms with Gasteiger partial charge in [-0.2, -0.15) is 0 Å². The lowest BCUT2D eigenvalue weighted by atomic mass is 10.4. The summed E-state index contributed by atoms with van der Waals surface area (Å²) in [5, 5.41) is 1.52. The van der Waals surface area contributed by atoms with Gasteiger partial charge in [-0.15, -0.1) is 11.3 Å². The molecule has 0 fully saturated rings. The molecule has 3 rings (SSSR count). The molecule has 124 valence electrons. The van der Waals surface area contributed by atoms with Crippen LogP contribution < -0.4 is 4.72 Å². The van der Waals surface area contributed by atoms with Crippen LogP contribution in [0, 0.1) is 0 Å². The number of ether oxygens (including phenoxy) is 1. The van der Waals surface area contributed by atoms with Gasteiger partial charge in [-0.1, -0.05) is 0 Å². The van der Waals surface area contributed by atoms with Crippen LogP contribution in [0.2, 0.25) is 0 Å². The van der Waals surface area contributed by atoms with Crippen molar-refractivity contribution in [3.05, 3.63) is 53.4 Å². The van der Waals surface area contributed by atoms with E-state index in [0.717, 1.165) is 11.3 Å². The Morgan fingerprint density at radius 2 is 2.17 bits per heavy atom. The molecule has 0 amide bonds. The van der Waals surface area contributed by atoms with Gasteiger partial charge >= 0.3 is 5.97 Å². The SMILES string of the molecule is COC(=O)c1sccc1S(=O)(=O)Nc1ccc(-n2ccnc2)nc1. The van der Waals surface area contributed by atoms with Crippen molar-refractivity contribution in [2.75, 3.05) is 11.8 Å². The molecular formula is C14H12N4O4S2. The predicted molar refractivity (Wildman–Crippen MR) is 87.8 cm³/mol. The van der Waals surface area contributed by atoms with Gasteiger partial charge in [0.25, 0.3) is 10.0 Å². The molecule has 0 aliphatic rings. The number of thiophene rings is 1. The number of nitrogens with one attached hydrogen (secondary N) is 1. The van der Waals surface area contributed by atoms with Crippen molar-refractivity contribution < 1.29 is 17.9 Å². The molecule has 0 saturated carbocycles. The first-order valence-electron chi connectivity index (χ1n) is 6.64. The minimum atomic E-state index is -3.92. The lowest BCUT2D eigenvalue weighted by Gasteiger charge is -2.08. The summed E-state index contributed by atoms with van der Waals surface area (Å²) in [4.78, 5) is 19.6. The number of hydrogen-bond acceptors (Lipinski definition) is 7. The third kappa shape index (κ3) is 3.14. The Hall–Kier alpha value is -2.72. The van der Waals surface area contributed by atoms with Crippen LogP contribution in [0.5, 0.6) is 0 Å². The number of hydrogen-bond donors (Lipinski definition) is 1. The number of aromatic nitrogens is 3. The fraction of sp³-hybridized carbons (Fsp3) is 0.0714. The van der Waals surface area contributed by atoms with E-state index in [0.29, 0.717) is 5.82 Å². The standard InChI is InChI=1S/C14H12N4O4S2/c1-22-14(19)13-11(4-7-23-13)24(20,21)17-10-2-3-12(16-8-10)18-6-5-15-9-18/h2-9,17H,1H3. The van der Waals surface area contributed by atoms with Crippen molar-refractivity contribution in [1.82, 2.24) is 14.5 Å². The van der Waals surface area contributed by atoms with Crippen LogP contribution in [-0.2, 0) is 14.8 Å². The molecule has 0 unspecified atom stereocenters. The first-order valence-corrected chi connectivity index (χ1v) is 9.00. The van der Waals surface area contributed by atoms with Crippen molar-refractivity contribution in [1.29, 1.82) is 0 Å². The van der Waals surface area contributed by atoms with E-state index in [4.69, 9.17) is 0 Å². The molecule has 0 bridgehead atoms. The Bertz CT molecular complexity index is 947. The Morgan fingerprint density at radius 1 is 1.33 bits per heavy atom. The van der Waals surface area contributed by atoms with Crippen LogP contribution >= 0.6 is 11.3 Å². The van der Waals surface area contributed by atoms with Crippen LogP contribution in [-0.4, -0.2) is 36.0 Å². The van der Waals surface area contributed by atoms with E-state index in [9.17, 15) is 13.2 Å². The van der Waals surface area contributed by atoms with Crippen molar-refractivity contribution in [3.63, 3.8) is 0 Å². The second kappa shape index (κ2) is 6.42. The molecule has 10 heteroatoms. The van der Waals surface area contributed by atoms with Crippen LogP contribution in [0.25, 0.3) is 5.82 Å². The average molecular weight is 364 g/mol. The smallest absolute Gasteiger partial charge is 0.349 e. The largest absolute Gasteiger partial charge is 0.465 e. The highest BCUT2D eigenvalue weighted by atomic mass is 32.2. The van der Waals surface area contributed by atoms with E-state index >= 15 is 0 Å². The third-order valence-electron chi connectivity index (χ3n) is 3.06. The van der Waals surface area contributed by atoms with Crippen LogP contribution in [0.1, 0.15) is 9.67 Å². The number of carbonyl (C=O) groups is 1. The zero-order valence-electron chi connectivity index (χ0n) is 12.4. The minimum Gasteiger partial charge on any atom is -0.465 e. The summed E-state index contributed by atoms with van der Waals surface area (Å²) < 4.78 is 33.6. The Labute approximate surface area is 141 Å². The number of pyridine rings is 1. The van der Waals surface area contributed by atoms with E-state index < -0.39 is 16.0 Å². The summed E-state index contributed by atoms with van der Waals surface area (Å²) in [5.74, 6) is -0.0970. The van der Waals surface area contributed by atoms with Crippen molar-refractivity contribution in [3.8, 4) is 5.82 Å². The fourth-order valence-corrected chi connectivity index (χ4v) is 4.33. The average Bonchev–Trinajstić information content (AvgIpc) is 3.26. The van der Waals surface area contributed by atoms with E-state index in [2.05, 4.69) is 19.4 Å². The molecule has 3 aromatic heterocycles. The quantitative estimate of drug-likeness (QED) is 0.694. The number of esters is 1. The van der Waals surface area contributed by atoms with Crippen molar-refractivity contribution >= 4 is 33.0 Å². The molecule has 8 nitrogen and oxygen atoms in total. The number of imidazole rings is 1. The van der Waals surface area contributed by atoms with Gasteiger partial charge in [0.1, 0.15) is 21.9 Å². The lowest BCUT2D eigenvalue weighted by Crippen LogP contribution is -2.16. The zero-order valence-corrected chi connectivity index (χ0v) is 14.0. The molecule has 0 aliphatic heterocycles. The second-order valence-corrected chi connectivity index (χ2v) is 7.15. The summed E-state index contributed by atoms with van der Waals surface area (Å²) in [5.41, 5.74) is 0.279. The number of carbonyl (C=O) groups excluding carboxylic acids is 1. The highest BCUT2D eigenvalue weighted by Crippen LogP contribution is 2.25. The lowest BCUT2D eigenvalue weighted by molar-refractivity contribution is 0.0602. The molecule has 0 aliphatic carbocycles. The summed E-state index contributed by atoms with van der Waals surface area (Å²) in [7, 11) is -2.72. The predicted octanol–water partition coefficient (Wildman–Crippen LogP) is 1.92. The Balaban J connectivity index is 1.85. The van der Waals surface area contributed by atoms with Gasteiger partial charge in [0.2, 0.25) is 0 Å². The number of nitrogens with zero attached hydrogens (tertiary/aromatic N) is 3. The van der Waals surface area contributed by atoms with Gasteiger partial charge in [0.05, 0.1) is 19.0 Å². The number of methoxy groups -OCH3 is 1. The van der Waals surface area contributed by atoms with Gasteiger partial charge in [-0.25, -0.2) is 23.2 Å². The van der Waals surface area contributed by atoms with Crippen LogP contribution in [0.3, 0.4) is 0 Å². The summed E-state index contributed by atoms with van der Waals surface area (Å²) in [6.45, 7) is 0. The first kappa shape index (κ1) is 16.1. The van der Waals surface area contributed by atoms with Gasteiger partial charge in [0, 0.05) is 12.4 Å². The molecular weight excluding hydrogens is 352 g/mol. The van der Waals surface area contributed by atoms with Gasteiger partial charge in [0.15, 0.2) is 0 Å². The molecule has 24 heavy (non-hydrogen) atoms. The molecule has 1 N–H and O–H groups in total. The van der Waals surface area contributed by atoms with Crippen LogP contribution in [0.15, 0.2) is 53.4 Å². The van der Waals surface area contributed by atoms with E-state index in [-0.39, 0.29) is 15.5 Å². The maximum Gasteiger partial charge on any atom is 0.349 e. The number of sulfonamides is 1. The molecule has 3 aromatic rings. The first-order chi connectivity index (χ1) is 11.5. The maximum absolute atomic E-state index is 12.5. The van der Waals surface area contributed by atoms with E-state index in [1.165, 1.54) is 24.8 Å².